The highest BCUT2D eigenvalue weighted by atomic mass is 16.5. The second kappa shape index (κ2) is 12.1. The fraction of sp³-hybridized carbons (Fsp3) is 0.400. The molecule has 194 valence electrons. The predicted molar refractivity (Wildman–Crippen MR) is 132 cm³/mol. The number of carbonyl (C=O) groups is 5. The molecule has 2 rings (SSSR count). The number of aliphatic carboxylic acids is 1. The van der Waals surface area contributed by atoms with Gasteiger partial charge in [0.2, 0.25) is 0 Å². The van der Waals surface area contributed by atoms with Gasteiger partial charge in [-0.25, -0.2) is 0 Å². The van der Waals surface area contributed by atoms with Crippen LogP contribution in [0.1, 0.15) is 37.0 Å². The number of likely N-dealkylation sites (N-methyl/N-ethyl adjacent to an activating group) is 2. The molecule has 4 N–H and O–H groups in total. The summed E-state index contributed by atoms with van der Waals surface area (Å²) in [6, 6.07) is 4.08. The lowest BCUT2D eigenvalue weighted by Gasteiger charge is -2.40. The number of benzene rings is 1. The van der Waals surface area contributed by atoms with Crippen LogP contribution in [0.5, 0.6) is 0 Å². The molecule has 36 heavy (non-hydrogen) atoms. The van der Waals surface area contributed by atoms with Crippen LogP contribution in [-0.4, -0.2) is 83.6 Å². The number of nitrogen functional groups attached to an aromatic ring is 1. The summed E-state index contributed by atoms with van der Waals surface area (Å²) in [4.78, 5) is 65.7. The number of nitrogens with two attached hydrogens (primary N) is 1. The summed E-state index contributed by atoms with van der Waals surface area (Å²) in [7, 11) is 4.17. The van der Waals surface area contributed by atoms with Crippen molar-refractivity contribution in [2.24, 2.45) is 0 Å². The van der Waals surface area contributed by atoms with E-state index in [0.29, 0.717) is 5.57 Å². The van der Waals surface area contributed by atoms with Crippen LogP contribution in [0.2, 0.25) is 0 Å². The molecule has 0 radical (unpaired) electrons. The molecular formula is C25H32N4O7. The molecule has 2 amide bonds. The molecule has 0 aromatic heterocycles. The standard InChI is InChI=1S/C25H32N4O7/c1-14(2)12-19(30)17(10-11-20(31)32)27-24(34)18-13-28(3)25(35)21(29(18)4)23(36-5)22(33)15-8-6-7-9-16(15)26/h6-9,12-13,17,21,23H,10-11,26H2,1-5H3,(H,27,34)(H,31,32)/t17-,21+,23+/m0/s1. The Balaban J connectivity index is 2.37. The Morgan fingerprint density at radius 1 is 1.19 bits per heavy atom. The number of carboxylic acids is 1. The van der Waals surface area contributed by atoms with Gasteiger partial charge in [-0.2, -0.15) is 0 Å². The Kier molecular flexibility index (Phi) is 9.51. The number of allylic oxidation sites excluding steroid dienone is 1. The van der Waals surface area contributed by atoms with E-state index < -0.39 is 47.5 Å². The van der Waals surface area contributed by atoms with Gasteiger partial charge in [0.05, 0.1) is 6.04 Å². The van der Waals surface area contributed by atoms with Crippen molar-refractivity contribution in [3.63, 3.8) is 0 Å². The zero-order valence-electron chi connectivity index (χ0n) is 21.0. The first-order chi connectivity index (χ1) is 16.9. The van der Waals surface area contributed by atoms with Gasteiger partial charge in [-0.1, -0.05) is 17.7 Å². The predicted octanol–water partition coefficient (Wildman–Crippen LogP) is 0.965. The van der Waals surface area contributed by atoms with Gasteiger partial charge in [-0.3, -0.25) is 24.0 Å². The van der Waals surface area contributed by atoms with Gasteiger partial charge in [0.15, 0.2) is 11.6 Å². The topological polar surface area (TPSA) is 159 Å². The highest BCUT2D eigenvalue weighted by molar-refractivity contribution is 6.08. The van der Waals surface area contributed by atoms with Gasteiger partial charge in [-0.05, 0) is 38.5 Å². The molecular weight excluding hydrogens is 468 g/mol. The minimum absolute atomic E-state index is 0.0108. The number of para-hydroxylation sites is 1. The van der Waals surface area contributed by atoms with Gasteiger partial charge in [0.25, 0.3) is 11.8 Å². The van der Waals surface area contributed by atoms with Crippen molar-refractivity contribution in [1.29, 1.82) is 0 Å². The number of carboxylic acid groups (broad SMARTS) is 1. The van der Waals surface area contributed by atoms with Crippen LogP contribution in [0, 0.1) is 0 Å². The molecule has 0 unspecified atom stereocenters. The first-order valence-corrected chi connectivity index (χ1v) is 11.2. The SMILES string of the molecule is CO[C@@H](C(=O)c1ccccc1N)[C@@H]1C(=O)N(C)C=C(C(=O)N[C@@H](CCC(=O)O)C(=O)C=C(C)C)N1C. The fourth-order valence-electron chi connectivity index (χ4n) is 3.84. The van der Waals surface area contributed by atoms with Crippen LogP contribution in [0.3, 0.4) is 0 Å². The Labute approximate surface area is 209 Å². The molecule has 0 saturated heterocycles. The van der Waals surface area contributed by atoms with E-state index in [4.69, 9.17) is 15.6 Å². The molecule has 1 aliphatic rings. The van der Waals surface area contributed by atoms with E-state index in [1.165, 1.54) is 44.4 Å². The molecule has 1 aromatic carbocycles. The normalized spacial score (nSPS) is 17.1. The summed E-state index contributed by atoms with van der Waals surface area (Å²) in [5.74, 6) is -3.30. The van der Waals surface area contributed by atoms with Crippen molar-refractivity contribution in [2.45, 2.75) is 44.9 Å². The number of rotatable bonds is 11. The minimum Gasteiger partial charge on any atom is -0.481 e. The lowest BCUT2D eigenvalue weighted by Crippen LogP contribution is -2.59. The maximum absolute atomic E-state index is 13.3. The zero-order chi connectivity index (χ0) is 27.2. The Bertz CT molecular complexity index is 1110. The number of amides is 2. The van der Waals surface area contributed by atoms with Crippen molar-refractivity contribution in [3.05, 3.63) is 53.4 Å². The maximum Gasteiger partial charge on any atom is 0.303 e. The van der Waals surface area contributed by atoms with Gasteiger partial charge in [0.1, 0.15) is 17.8 Å². The second-order valence-electron chi connectivity index (χ2n) is 8.71. The number of anilines is 1. The summed E-state index contributed by atoms with van der Waals surface area (Å²) in [5, 5.41) is 11.6. The quantitative estimate of drug-likeness (QED) is 0.228. The number of nitrogens with one attached hydrogen (secondary N) is 1. The summed E-state index contributed by atoms with van der Waals surface area (Å²) < 4.78 is 5.43. The van der Waals surface area contributed by atoms with Crippen LogP contribution in [0.25, 0.3) is 0 Å². The molecule has 11 nitrogen and oxygen atoms in total. The molecule has 3 atom stereocenters. The number of methoxy groups -OCH3 is 1. The number of ketones is 2. The molecule has 0 bridgehead atoms. The first-order valence-electron chi connectivity index (χ1n) is 11.2. The van der Waals surface area contributed by atoms with E-state index in [9.17, 15) is 24.0 Å². The number of hydrogen-bond donors (Lipinski definition) is 3. The molecule has 0 spiro atoms. The number of Topliss-reactive ketones (excluding diaryl/α,β-unsaturated/α-hetero) is 1. The van der Waals surface area contributed by atoms with E-state index in [1.54, 1.807) is 32.0 Å². The third-order valence-corrected chi connectivity index (χ3v) is 5.70. The molecule has 1 heterocycles. The molecule has 0 aliphatic carbocycles. The van der Waals surface area contributed by atoms with Crippen LogP contribution in [0.4, 0.5) is 5.69 Å². The summed E-state index contributed by atoms with van der Waals surface area (Å²) in [5.41, 5.74) is 7.02. The number of nitrogens with zero attached hydrogens (tertiary/aromatic N) is 2. The van der Waals surface area contributed by atoms with Gasteiger partial charge in [0, 0.05) is 45.1 Å². The monoisotopic (exact) mass is 500 g/mol. The number of ether oxygens (including phenoxy) is 1. The van der Waals surface area contributed by atoms with Crippen LogP contribution >= 0.6 is 0 Å². The lowest BCUT2D eigenvalue weighted by molar-refractivity contribution is -0.140. The highest BCUT2D eigenvalue weighted by Crippen LogP contribution is 2.25. The third kappa shape index (κ3) is 6.57. The highest BCUT2D eigenvalue weighted by Gasteiger charge is 2.44. The Hall–Kier alpha value is -3.99. The summed E-state index contributed by atoms with van der Waals surface area (Å²) in [6.45, 7) is 3.41. The average Bonchev–Trinajstić information content (AvgIpc) is 2.80. The fourth-order valence-corrected chi connectivity index (χ4v) is 3.84. The number of carbonyl (C=O) groups excluding carboxylic acids is 4. The average molecular weight is 501 g/mol. The van der Waals surface area contributed by atoms with E-state index >= 15 is 0 Å². The first kappa shape index (κ1) is 28.2. The Morgan fingerprint density at radius 2 is 1.83 bits per heavy atom. The zero-order valence-corrected chi connectivity index (χ0v) is 21.0. The maximum atomic E-state index is 13.3. The van der Waals surface area contributed by atoms with Crippen LogP contribution < -0.4 is 11.1 Å². The van der Waals surface area contributed by atoms with Crippen molar-refractivity contribution in [2.75, 3.05) is 26.9 Å². The molecule has 11 heteroatoms. The smallest absolute Gasteiger partial charge is 0.303 e. The molecule has 1 aromatic rings. The largest absolute Gasteiger partial charge is 0.481 e. The Morgan fingerprint density at radius 3 is 2.39 bits per heavy atom. The van der Waals surface area contributed by atoms with E-state index in [-0.39, 0.29) is 29.8 Å². The lowest BCUT2D eigenvalue weighted by atomic mass is 9.95. The molecule has 1 aliphatic heterocycles. The van der Waals surface area contributed by atoms with E-state index in [1.807, 2.05) is 0 Å². The van der Waals surface area contributed by atoms with Crippen molar-refractivity contribution in [1.82, 2.24) is 15.1 Å². The summed E-state index contributed by atoms with van der Waals surface area (Å²) >= 11 is 0. The minimum atomic E-state index is -1.29. The number of hydrogen-bond acceptors (Lipinski definition) is 8. The van der Waals surface area contributed by atoms with Crippen molar-refractivity contribution >= 4 is 35.0 Å². The third-order valence-electron chi connectivity index (χ3n) is 5.70. The van der Waals surface area contributed by atoms with Gasteiger partial charge < -0.3 is 30.7 Å². The van der Waals surface area contributed by atoms with Gasteiger partial charge >= 0.3 is 5.97 Å². The van der Waals surface area contributed by atoms with Crippen LogP contribution in [0.15, 0.2) is 47.8 Å². The summed E-state index contributed by atoms with van der Waals surface area (Å²) in [6.07, 6.45) is 0.866. The molecule has 0 saturated carbocycles. The second-order valence-corrected chi connectivity index (χ2v) is 8.71. The van der Waals surface area contributed by atoms with Crippen molar-refractivity contribution < 1.29 is 33.8 Å². The van der Waals surface area contributed by atoms with E-state index in [2.05, 4.69) is 5.32 Å². The van der Waals surface area contributed by atoms with E-state index in [0.717, 1.165) is 4.90 Å². The van der Waals surface area contributed by atoms with Crippen molar-refractivity contribution in [3.8, 4) is 0 Å². The van der Waals surface area contributed by atoms with Crippen LogP contribution in [-0.2, 0) is 23.9 Å². The van der Waals surface area contributed by atoms with Gasteiger partial charge in [-0.15, -0.1) is 0 Å². The molecule has 0 fully saturated rings.